The standard InChI is InChI=1S/C16H20N2O2/c1-11-6-7-18(16(11)10-20)15-8-12(9-19)17-14-5-3-2-4-13(14)15/h2-5,8,11,16,19-20H,6-7,9-10H2,1H3. The number of hydrogen-bond donors (Lipinski definition) is 2. The van der Waals surface area contributed by atoms with E-state index in [1.165, 1.54) is 0 Å². The van der Waals surface area contributed by atoms with Crippen LogP contribution in [0.2, 0.25) is 0 Å². The van der Waals surface area contributed by atoms with Crippen molar-refractivity contribution in [2.45, 2.75) is 26.0 Å². The van der Waals surface area contributed by atoms with Crippen LogP contribution in [0, 0.1) is 5.92 Å². The van der Waals surface area contributed by atoms with Gasteiger partial charge in [-0.25, -0.2) is 0 Å². The topological polar surface area (TPSA) is 56.6 Å². The van der Waals surface area contributed by atoms with E-state index >= 15 is 0 Å². The predicted molar refractivity (Wildman–Crippen MR) is 79.7 cm³/mol. The van der Waals surface area contributed by atoms with E-state index < -0.39 is 0 Å². The molecule has 0 spiro atoms. The van der Waals surface area contributed by atoms with Crippen LogP contribution in [-0.4, -0.2) is 34.4 Å². The summed E-state index contributed by atoms with van der Waals surface area (Å²) in [6.45, 7) is 3.21. The van der Waals surface area contributed by atoms with Gasteiger partial charge in [-0.15, -0.1) is 0 Å². The zero-order valence-electron chi connectivity index (χ0n) is 11.7. The maximum absolute atomic E-state index is 9.66. The van der Waals surface area contributed by atoms with Crippen LogP contribution in [0.3, 0.4) is 0 Å². The second-order valence-electron chi connectivity index (χ2n) is 5.52. The van der Waals surface area contributed by atoms with E-state index in [9.17, 15) is 10.2 Å². The largest absolute Gasteiger partial charge is 0.394 e. The molecule has 1 fully saturated rings. The summed E-state index contributed by atoms with van der Waals surface area (Å²) in [6, 6.07) is 10.1. The van der Waals surface area contributed by atoms with Gasteiger partial charge < -0.3 is 15.1 Å². The van der Waals surface area contributed by atoms with Gasteiger partial charge in [0.1, 0.15) is 0 Å². The van der Waals surface area contributed by atoms with Crippen LogP contribution in [-0.2, 0) is 6.61 Å². The van der Waals surface area contributed by atoms with Crippen molar-refractivity contribution in [3.05, 3.63) is 36.0 Å². The Morgan fingerprint density at radius 2 is 2.10 bits per heavy atom. The van der Waals surface area contributed by atoms with Gasteiger partial charge in [-0.3, -0.25) is 4.98 Å². The normalized spacial score (nSPS) is 22.6. The second-order valence-corrected chi connectivity index (χ2v) is 5.52. The third-order valence-electron chi connectivity index (χ3n) is 4.29. The SMILES string of the molecule is CC1CCN(c2cc(CO)nc3ccccc23)C1CO. The molecule has 4 heteroatoms. The minimum atomic E-state index is -0.0645. The molecule has 2 atom stereocenters. The molecule has 106 valence electrons. The number of para-hydroxylation sites is 1. The van der Waals surface area contributed by atoms with Gasteiger partial charge in [-0.2, -0.15) is 0 Å². The lowest BCUT2D eigenvalue weighted by Gasteiger charge is -2.28. The molecule has 3 rings (SSSR count). The first-order valence-corrected chi connectivity index (χ1v) is 7.11. The van der Waals surface area contributed by atoms with Crippen LogP contribution >= 0.6 is 0 Å². The average molecular weight is 272 g/mol. The Hall–Kier alpha value is -1.65. The molecule has 1 aliphatic heterocycles. The smallest absolute Gasteiger partial charge is 0.0854 e. The molecule has 0 amide bonds. The number of hydrogen-bond acceptors (Lipinski definition) is 4. The van der Waals surface area contributed by atoms with E-state index in [0.717, 1.165) is 29.6 Å². The van der Waals surface area contributed by atoms with Gasteiger partial charge in [0, 0.05) is 17.6 Å². The summed E-state index contributed by atoms with van der Waals surface area (Å²) in [5, 5.41) is 20.1. The van der Waals surface area contributed by atoms with E-state index in [1.54, 1.807) is 0 Å². The third-order valence-corrected chi connectivity index (χ3v) is 4.29. The number of pyridine rings is 1. The fourth-order valence-electron chi connectivity index (χ4n) is 3.11. The van der Waals surface area contributed by atoms with Gasteiger partial charge in [-0.1, -0.05) is 25.1 Å². The number of rotatable bonds is 3. The van der Waals surface area contributed by atoms with E-state index in [0.29, 0.717) is 11.6 Å². The molecule has 0 bridgehead atoms. The lowest BCUT2D eigenvalue weighted by atomic mass is 10.0. The first kappa shape index (κ1) is 13.3. The summed E-state index contributed by atoms with van der Waals surface area (Å²) >= 11 is 0. The van der Waals surface area contributed by atoms with Gasteiger partial charge >= 0.3 is 0 Å². The molecule has 1 aliphatic rings. The van der Waals surface area contributed by atoms with Gasteiger partial charge in [0.05, 0.1) is 30.5 Å². The van der Waals surface area contributed by atoms with Crippen LogP contribution in [0.15, 0.2) is 30.3 Å². The highest BCUT2D eigenvalue weighted by Crippen LogP contribution is 2.34. The number of fused-ring (bicyclic) bond motifs is 1. The molecule has 2 aromatic rings. The van der Waals surface area contributed by atoms with Gasteiger partial charge in [0.25, 0.3) is 0 Å². The number of benzene rings is 1. The van der Waals surface area contributed by atoms with Gasteiger partial charge in [0.2, 0.25) is 0 Å². The molecule has 0 radical (unpaired) electrons. The maximum atomic E-state index is 9.66. The van der Waals surface area contributed by atoms with Crippen molar-refractivity contribution in [3.63, 3.8) is 0 Å². The molecule has 2 unspecified atom stereocenters. The number of aromatic nitrogens is 1. The van der Waals surface area contributed by atoms with Crippen LogP contribution in [0.1, 0.15) is 19.0 Å². The van der Waals surface area contributed by atoms with Crippen molar-refractivity contribution in [3.8, 4) is 0 Å². The predicted octanol–water partition coefficient (Wildman–Crippen LogP) is 1.93. The molecule has 1 aromatic heterocycles. The summed E-state index contributed by atoms with van der Waals surface area (Å²) in [7, 11) is 0. The van der Waals surface area contributed by atoms with Crippen LogP contribution in [0.4, 0.5) is 5.69 Å². The van der Waals surface area contributed by atoms with Gasteiger partial charge in [-0.05, 0) is 24.5 Å². The Morgan fingerprint density at radius 1 is 1.30 bits per heavy atom. The van der Waals surface area contributed by atoms with E-state index in [1.807, 2.05) is 24.3 Å². The first-order valence-electron chi connectivity index (χ1n) is 7.11. The zero-order valence-corrected chi connectivity index (χ0v) is 11.7. The number of nitrogens with zero attached hydrogens (tertiary/aromatic N) is 2. The Kier molecular flexibility index (Phi) is 3.59. The first-order chi connectivity index (χ1) is 9.74. The van der Waals surface area contributed by atoms with Crippen molar-refractivity contribution >= 4 is 16.6 Å². The fourth-order valence-corrected chi connectivity index (χ4v) is 3.11. The van der Waals surface area contributed by atoms with Crippen molar-refractivity contribution < 1.29 is 10.2 Å². The van der Waals surface area contributed by atoms with Crippen molar-refractivity contribution in [1.82, 2.24) is 4.98 Å². The molecule has 0 saturated carbocycles. The summed E-state index contributed by atoms with van der Waals surface area (Å²) in [4.78, 5) is 6.71. The highest BCUT2D eigenvalue weighted by Gasteiger charge is 2.31. The van der Waals surface area contributed by atoms with E-state index in [-0.39, 0.29) is 19.3 Å². The summed E-state index contributed by atoms with van der Waals surface area (Å²) in [6.07, 6.45) is 1.08. The molecular weight excluding hydrogens is 252 g/mol. The summed E-state index contributed by atoms with van der Waals surface area (Å²) < 4.78 is 0. The van der Waals surface area contributed by atoms with Crippen molar-refractivity contribution in [2.24, 2.45) is 5.92 Å². The average Bonchev–Trinajstić information content (AvgIpc) is 2.86. The second kappa shape index (κ2) is 5.38. The summed E-state index contributed by atoms with van der Waals surface area (Å²) in [5.41, 5.74) is 2.64. The highest BCUT2D eigenvalue weighted by atomic mass is 16.3. The van der Waals surface area contributed by atoms with Crippen molar-refractivity contribution in [1.29, 1.82) is 0 Å². The van der Waals surface area contributed by atoms with Gasteiger partial charge in [0.15, 0.2) is 0 Å². The monoisotopic (exact) mass is 272 g/mol. The Bertz CT molecular complexity index is 614. The quantitative estimate of drug-likeness (QED) is 0.896. The van der Waals surface area contributed by atoms with E-state index in [4.69, 9.17) is 0 Å². The fraction of sp³-hybridized carbons (Fsp3) is 0.438. The lowest BCUT2D eigenvalue weighted by Crippen LogP contribution is -2.35. The number of aliphatic hydroxyl groups is 2. The minimum Gasteiger partial charge on any atom is -0.394 e. The Balaban J connectivity index is 2.14. The van der Waals surface area contributed by atoms with Crippen LogP contribution < -0.4 is 4.90 Å². The maximum Gasteiger partial charge on any atom is 0.0854 e. The molecule has 1 saturated heterocycles. The Morgan fingerprint density at radius 3 is 2.85 bits per heavy atom. The molecule has 20 heavy (non-hydrogen) atoms. The lowest BCUT2D eigenvalue weighted by molar-refractivity contribution is 0.245. The molecular formula is C16H20N2O2. The molecule has 4 nitrogen and oxygen atoms in total. The number of anilines is 1. The summed E-state index contributed by atoms with van der Waals surface area (Å²) in [5.74, 6) is 0.476. The molecule has 1 aromatic carbocycles. The van der Waals surface area contributed by atoms with Crippen molar-refractivity contribution in [2.75, 3.05) is 18.1 Å². The number of aliphatic hydroxyl groups excluding tert-OH is 2. The van der Waals surface area contributed by atoms with Crippen LogP contribution in [0.5, 0.6) is 0 Å². The third kappa shape index (κ3) is 2.15. The van der Waals surface area contributed by atoms with Crippen LogP contribution in [0.25, 0.3) is 10.9 Å². The van der Waals surface area contributed by atoms with E-state index in [2.05, 4.69) is 22.9 Å². The minimum absolute atomic E-state index is 0.0645. The molecule has 0 aliphatic carbocycles. The zero-order chi connectivity index (χ0) is 14.1. The molecule has 2 heterocycles. The molecule has 2 N–H and O–H groups in total. The Labute approximate surface area is 118 Å². The highest BCUT2D eigenvalue weighted by molar-refractivity contribution is 5.92.